The van der Waals surface area contributed by atoms with Crippen LogP contribution in [0.5, 0.6) is 5.75 Å². The number of nitrogens with one attached hydrogen (secondary N) is 1. The van der Waals surface area contributed by atoms with Crippen molar-refractivity contribution in [2.45, 2.75) is 61.7 Å². The van der Waals surface area contributed by atoms with Gasteiger partial charge in [-0.05, 0) is 55.8 Å². The highest BCUT2D eigenvalue weighted by Crippen LogP contribution is 2.63. The van der Waals surface area contributed by atoms with Crippen LogP contribution in [0.1, 0.15) is 42.4 Å². The third kappa shape index (κ3) is 2.57. The second kappa shape index (κ2) is 7.37. The van der Waals surface area contributed by atoms with Gasteiger partial charge in [0.05, 0.1) is 11.0 Å². The van der Waals surface area contributed by atoms with Crippen LogP contribution in [-0.4, -0.2) is 36.7 Å². The van der Waals surface area contributed by atoms with Gasteiger partial charge in [-0.15, -0.1) is 12.4 Å². The molecule has 2 aliphatic carbocycles. The van der Waals surface area contributed by atoms with Gasteiger partial charge in [0.2, 0.25) is 0 Å². The van der Waals surface area contributed by atoms with E-state index in [4.69, 9.17) is 9.47 Å². The minimum absolute atomic E-state index is 0. The van der Waals surface area contributed by atoms with E-state index in [2.05, 4.69) is 47.8 Å². The fourth-order valence-corrected chi connectivity index (χ4v) is 6.64. The van der Waals surface area contributed by atoms with Crippen LogP contribution in [0.15, 0.2) is 48.5 Å². The first-order valence-corrected chi connectivity index (χ1v) is 11.0. The van der Waals surface area contributed by atoms with Crippen LogP contribution >= 0.6 is 12.4 Å². The summed E-state index contributed by atoms with van der Waals surface area (Å²) in [4.78, 5) is 13.0. The van der Waals surface area contributed by atoms with Gasteiger partial charge in [0.15, 0.2) is 11.9 Å². The standard InChI is InChI=1S/C25H27NO3.ClH/c27-19-11-12-25(28-15-5-8-17-6-2-1-3-7-17)21-16-18-9-4-10-20-22(18)24(25,13-14-26-21)23(19)29-20;/h1-4,6-7,9-10,21,23,26H,5,8,11-16H2;1H/t21-,23?,24+,25-;/m1./s1. The molecule has 5 heteroatoms. The van der Waals surface area contributed by atoms with Crippen LogP contribution in [0.4, 0.5) is 0 Å². The van der Waals surface area contributed by atoms with E-state index in [-0.39, 0.29) is 41.4 Å². The van der Waals surface area contributed by atoms with E-state index >= 15 is 0 Å². The lowest BCUT2D eigenvalue weighted by Crippen LogP contribution is -2.77. The Labute approximate surface area is 183 Å². The Morgan fingerprint density at radius 2 is 1.97 bits per heavy atom. The topological polar surface area (TPSA) is 47.6 Å². The summed E-state index contributed by atoms with van der Waals surface area (Å²) in [5.41, 5.74) is 3.29. The third-order valence-electron chi connectivity index (χ3n) is 7.75. The molecule has 2 aliphatic heterocycles. The minimum Gasteiger partial charge on any atom is -0.481 e. The smallest absolute Gasteiger partial charge is 0.174 e. The van der Waals surface area contributed by atoms with Gasteiger partial charge in [-0.2, -0.15) is 0 Å². The molecule has 0 amide bonds. The number of carbonyl (C=O) groups is 1. The molecule has 1 N–H and O–H groups in total. The van der Waals surface area contributed by atoms with E-state index in [0.717, 1.165) is 44.4 Å². The second-order valence-electron chi connectivity index (χ2n) is 9.01. The molecule has 0 aromatic heterocycles. The number of ether oxygens (including phenoxy) is 2. The molecule has 1 saturated heterocycles. The molecule has 2 aromatic rings. The molecule has 4 aliphatic rings. The Morgan fingerprint density at radius 1 is 1.10 bits per heavy atom. The van der Waals surface area contributed by atoms with Crippen molar-refractivity contribution in [3.63, 3.8) is 0 Å². The maximum atomic E-state index is 13.0. The monoisotopic (exact) mass is 425 g/mol. The molecule has 2 aromatic carbocycles. The van der Waals surface area contributed by atoms with Gasteiger partial charge in [0.1, 0.15) is 5.75 Å². The SMILES string of the molecule is Cl.O=C1CC[C@@]2(OCCCc3ccccc3)[C@H]3Cc4cccc5c4[C@@]2(CCN3)C1O5. The maximum Gasteiger partial charge on any atom is 0.174 e. The van der Waals surface area contributed by atoms with Crippen molar-refractivity contribution >= 4 is 18.2 Å². The summed E-state index contributed by atoms with van der Waals surface area (Å²) in [5.74, 6) is 1.17. The predicted molar refractivity (Wildman–Crippen MR) is 118 cm³/mol. The molecule has 6 rings (SSSR count). The number of Topliss-reactive ketones (excluding diaryl/α,β-unsaturated/α-hetero) is 1. The molecule has 1 saturated carbocycles. The predicted octanol–water partition coefficient (Wildman–Crippen LogP) is 3.78. The average Bonchev–Trinajstić information content (AvgIpc) is 3.08. The minimum atomic E-state index is -0.383. The molecular formula is C25H28ClNO3. The molecule has 1 unspecified atom stereocenters. The average molecular weight is 426 g/mol. The lowest BCUT2D eigenvalue weighted by Gasteiger charge is -2.61. The van der Waals surface area contributed by atoms with Crippen LogP contribution in [0.25, 0.3) is 0 Å². The summed E-state index contributed by atoms with van der Waals surface area (Å²) >= 11 is 0. The first kappa shape index (κ1) is 20.0. The second-order valence-corrected chi connectivity index (χ2v) is 9.01. The molecule has 2 fully saturated rings. The van der Waals surface area contributed by atoms with Gasteiger partial charge in [0.25, 0.3) is 0 Å². The number of ketones is 1. The van der Waals surface area contributed by atoms with Gasteiger partial charge in [-0.3, -0.25) is 4.79 Å². The van der Waals surface area contributed by atoms with Crippen molar-refractivity contribution in [1.82, 2.24) is 5.32 Å². The Hall–Kier alpha value is -1.88. The highest BCUT2D eigenvalue weighted by molar-refractivity contribution is 5.89. The quantitative estimate of drug-likeness (QED) is 0.740. The van der Waals surface area contributed by atoms with E-state index in [1.54, 1.807) is 0 Å². The van der Waals surface area contributed by atoms with Crippen molar-refractivity contribution in [2.24, 2.45) is 0 Å². The molecule has 4 atom stereocenters. The van der Waals surface area contributed by atoms with Crippen LogP contribution in [0, 0.1) is 0 Å². The largest absolute Gasteiger partial charge is 0.481 e. The van der Waals surface area contributed by atoms with Crippen molar-refractivity contribution in [2.75, 3.05) is 13.2 Å². The summed E-state index contributed by atoms with van der Waals surface area (Å²) in [6, 6.07) is 17.2. The summed E-state index contributed by atoms with van der Waals surface area (Å²) in [6.45, 7) is 1.63. The molecule has 2 bridgehead atoms. The van der Waals surface area contributed by atoms with E-state index in [1.165, 1.54) is 16.7 Å². The highest BCUT2D eigenvalue weighted by Gasteiger charge is 2.72. The molecule has 0 radical (unpaired) electrons. The van der Waals surface area contributed by atoms with Gasteiger partial charge >= 0.3 is 0 Å². The number of aryl methyl sites for hydroxylation is 1. The normalized spacial score (nSPS) is 32.7. The first-order valence-electron chi connectivity index (χ1n) is 11.0. The zero-order valence-corrected chi connectivity index (χ0v) is 17.9. The Bertz CT molecular complexity index is 964. The fraction of sp³-hybridized carbons (Fsp3) is 0.480. The van der Waals surface area contributed by atoms with E-state index < -0.39 is 0 Å². The van der Waals surface area contributed by atoms with E-state index in [1.807, 2.05) is 6.07 Å². The number of hydrogen-bond donors (Lipinski definition) is 1. The lowest BCUT2D eigenvalue weighted by molar-refractivity contribution is -0.189. The number of hydrogen-bond acceptors (Lipinski definition) is 4. The van der Waals surface area contributed by atoms with Gasteiger partial charge < -0.3 is 14.8 Å². The summed E-state index contributed by atoms with van der Waals surface area (Å²) in [6.07, 6.45) is 4.82. The van der Waals surface area contributed by atoms with Gasteiger partial charge in [-0.25, -0.2) is 0 Å². The number of benzene rings is 2. The molecular weight excluding hydrogens is 398 g/mol. The Morgan fingerprint density at radius 3 is 2.83 bits per heavy atom. The Balaban J connectivity index is 0.00000193. The first-order chi connectivity index (χ1) is 14.2. The van der Waals surface area contributed by atoms with Crippen molar-refractivity contribution in [3.05, 3.63) is 65.2 Å². The zero-order valence-electron chi connectivity index (χ0n) is 17.1. The summed E-state index contributed by atoms with van der Waals surface area (Å²) < 4.78 is 13.2. The third-order valence-corrected chi connectivity index (χ3v) is 7.75. The number of halogens is 1. The van der Waals surface area contributed by atoms with Gasteiger partial charge in [0, 0.05) is 24.6 Å². The van der Waals surface area contributed by atoms with Crippen LogP contribution < -0.4 is 10.1 Å². The fourth-order valence-electron chi connectivity index (χ4n) is 6.64. The molecule has 30 heavy (non-hydrogen) atoms. The van der Waals surface area contributed by atoms with Crippen molar-refractivity contribution in [3.8, 4) is 5.75 Å². The summed E-state index contributed by atoms with van der Waals surface area (Å²) in [7, 11) is 0. The molecule has 158 valence electrons. The zero-order chi connectivity index (χ0) is 19.5. The summed E-state index contributed by atoms with van der Waals surface area (Å²) in [5, 5.41) is 3.75. The molecule has 2 heterocycles. The van der Waals surface area contributed by atoms with E-state index in [9.17, 15) is 4.79 Å². The van der Waals surface area contributed by atoms with Crippen molar-refractivity contribution in [1.29, 1.82) is 0 Å². The highest BCUT2D eigenvalue weighted by atomic mass is 35.5. The maximum absolute atomic E-state index is 13.0. The van der Waals surface area contributed by atoms with Crippen molar-refractivity contribution < 1.29 is 14.3 Å². The Kier molecular flexibility index (Phi) is 4.92. The lowest BCUT2D eigenvalue weighted by atomic mass is 9.49. The van der Waals surface area contributed by atoms with Crippen LogP contribution in [-0.2, 0) is 27.8 Å². The van der Waals surface area contributed by atoms with Gasteiger partial charge in [-0.1, -0.05) is 42.5 Å². The molecule has 4 nitrogen and oxygen atoms in total. The number of carbonyl (C=O) groups excluding carboxylic acids is 1. The molecule has 1 spiro atoms. The number of piperidine rings is 1. The number of rotatable bonds is 5. The van der Waals surface area contributed by atoms with Crippen LogP contribution in [0.3, 0.4) is 0 Å². The van der Waals surface area contributed by atoms with Crippen LogP contribution in [0.2, 0.25) is 0 Å². The van der Waals surface area contributed by atoms with E-state index in [0.29, 0.717) is 13.0 Å².